The lowest BCUT2D eigenvalue weighted by Gasteiger charge is -2.12. The van der Waals surface area contributed by atoms with Crippen LogP contribution in [0.2, 0.25) is 0 Å². The Morgan fingerprint density at radius 2 is 2.04 bits per heavy atom. The summed E-state index contributed by atoms with van der Waals surface area (Å²) in [6.45, 7) is 2.55. The summed E-state index contributed by atoms with van der Waals surface area (Å²) in [7, 11) is 1.63. The minimum Gasteiger partial charge on any atom is -0.497 e. The highest BCUT2D eigenvalue weighted by molar-refractivity contribution is 8.18. The van der Waals surface area contributed by atoms with E-state index in [4.69, 9.17) is 4.74 Å². The number of amidine groups is 1. The van der Waals surface area contributed by atoms with Crippen molar-refractivity contribution in [1.82, 2.24) is 4.90 Å². The number of ether oxygens (including phenoxy) is 1. The molecule has 0 N–H and O–H groups in total. The number of carbonyl (C=O) groups is 1. The Labute approximate surface area is 143 Å². The maximum atomic E-state index is 12.5. The fourth-order valence-corrected chi connectivity index (χ4v) is 3.83. The van der Waals surface area contributed by atoms with Crippen LogP contribution in [-0.4, -0.2) is 29.6 Å². The fourth-order valence-electron chi connectivity index (χ4n) is 2.15. The molecule has 6 heteroatoms. The van der Waals surface area contributed by atoms with Gasteiger partial charge in [-0.3, -0.25) is 9.69 Å². The average molecular weight is 344 g/mol. The topological polar surface area (TPSA) is 41.9 Å². The minimum atomic E-state index is 0.0101. The lowest BCUT2D eigenvalue weighted by molar-refractivity contribution is -0.122. The zero-order chi connectivity index (χ0) is 16.2. The highest BCUT2D eigenvalue weighted by Gasteiger charge is 2.32. The molecule has 0 bridgehead atoms. The van der Waals surface area contributed by atoms with Gasteiger partial charge in [0.2, 0.25) is 0 Å². The first kappa shape index (κ1) is 15.8. The molecule has 0 atom stereocenters. The first-order chi connectivity index (χ1) is 11.2. The largest absolute Gasteiger partial charge is 0.497 e. The Morgan fingerprint density at radius 3 is 2.65 bits per heavy atom. The van der Waals surface area contributed by atoms with Crippen LogP contribution in [0, 0.1) is 0 Å². The van der Waals surface area contributed by atoms with Crippen LogP contribution in [0.25, 0.3) is 6.08 Å². The third-order valence-electron chi connectivity index (χ3n) is 3.34. The monoisotopic (exact) mass is 344 g/mol. The molecule has 1 aromatic carbocycles. The summed E-state index contributed by atoms with van der Waals surface area (Å²) < 4.78 is 5.15. The van der Waals surface area contributed by atoms with E-state index in [1.165, 1.54) is 11.8 Å². The van der Waals surface area contributed by atoms with Gasteiger partial charge in [0, 0.05) is 6.54 Å². The van der Waals surface area contributed by atoms with Gasteiger partial charge in [-0.2, -0.15) is 11.3 Å². The predicted octanol–water partition coefficient (Wildman–Crippen LogP) is 4.38. The molecule has 0 saturated carbocycles. The number of amides is 1. The summed E-state index contributed by atoms with van der Waals surface area (Å²) in [6, 6.07) is 9.48. The molecule has 0 spiro atoms. The number of likely N-dealkylation sites (N-methyl/N-ethyl adjacent to an activating group) is 1. The van der Waals surface area contributed by atoms with Crippen LogP contribution in [0.15, 0.2) is 51.0 Å². The number of nitrogens with zero attached hydrogens (tertiary/aromatic N) is 2. The summed E-state index contributed by atoms with van der Waals surface area (Å²) in [5, 5.41) is 4.74. The molecule has 2 aromatic rings. The summed E-state index contributed by atoms with van der Waals surface area (Å²) in [4.78, 5) is 19.5. The zero-order valence-electron chi connectivity index (χ0n) is 12.9. The quantitative estimate of drug-likeness (QED) is 0.773. The van der Waals surface area contributed by atoms with Crippen molar-refractivity contribution in [3.05, 3.63) is 51.6 Å². The highest BCUT2D eigenvalue weighted by atomic mass is 32.2. The van der Waals surface area contributed by atoms with Gasteiger partial charge in [-0.05, 0) is 71.4 Å². The molecule has 3 rings (SSSR count). The number of carbonyl (C=O) groups excluding carboxylic acids is 1. The molecule has 1 aliphatic rings. The van der Waals surface area contributed by atoms with Crippen LogP contribution in [0.5, 0.6) is 5.75 Å². The molecule has 1 aromatic heterocycles. The summed E-state index contributed by atoms with van der Waals surface area (Å²) in [5.41, 5.74) is 1.85. The van der Waals surface area contributed by atoms with Crippen molar-refractivity contribution in [2.45, 2.75) is 6.92 Å². The van der Waals surface area contributed by atoms with Gasteiger partial charge >= 0.3 is 0 Å². The second kappa shape index (κ2) is 7.02. The third kappa shape index (κ3) is 3.48. The number of thioether (sulfide) groups is 1. The number of benzene rings is 1. The van der Waals surface area contributed by atoms with E-state index in [1.54, 1.807) is 23.3 Å². The Bertz CT molecular complexity index is 749. The first-order valence-electron chi connectivity index (χ1n) is 7.17. The van der Waals surface area contributed by atoms with Gasteiger partial charge in [0.1, 0.15) is 5.75 Å². The second-order valence-electron chi connectivity index (χ2n) is 4.81. The molecular weight excluding hydrogens is 328 g/mol. The van der Waals surface area contributed by atoms with Crippen molar-refractivity contribution in [1.29, 1.82) is 0 Å². The van der Waals surface area contributed by atoms with Crippen molar-refractivity contribution in [2.75, 3.05) is 13.7 Å². The maximum absolute atomic E-state index is 12.5. The van der Waals surface area contributed by atoms with E-state index in [2.05, 4.69) is 4.99 Å². The van der Waals surface area contributed by atoms with E-state index >= 15 is 0 Å². The van der Waals surface area contributed by atoms with Gasteiger partial charge in [0.25, 0.3) is 5.91 Å². The maximum Gasteiger partial charge on any atom is 0.266 e. The van der Waals surface area contributed by atoms with Crippen LogP contribution in [0.1, 0.15) is 12.5 Å². The van der Waals surface area contributed by atoms with Crippen LogP contribution < -0.4 is 4.74 Å². The van der Waals surface area contributed by atoms with Crippen molar-refractivity contribution < 1.29 is 9.53 Å². The van der Waals surface area contributed by atoms with Gasteiger partial charge in [-0.25, -0.2) is 4.99 Å². The highest BCUT2D eigenvalue weighted by Crippen LogP contribution is 2.34. The van der Waals surface area contributed by atoms with Crippen molar-refractivity contribution in [3.8, 4) is 5.75 Å². The Kier molecular flexibility index (Phi) is 4.83. The normalized spacial score (nSPS) is 18.2. The van der Waals surface area contributed by atoms with Gasteiger partial charge < -0.3 is 4.74 Å². The van der Waals surface area contributed by atoms with Crippen molar-refractivity contribution >= 4 is 45.9 Å². The lowest BCUT2D eigenvalue weighted by Crippen LogP contribution is -2.28. The Morgan fingerprint density at radius 1 is 1.26 bits per heavy atom. The summed E-state index contributed by atoms with van der Waals surface area (Å²) in [6.07, 6.45) is 1.92. The van der Waals surface area contributed by atoms with Gasteiger partial charge in [-0.15, -0.1) is 0 Å². The molecule has 0 unspecified atom stereocenters. The van der Waals surface area contributed by atoms with Crippen LogP contribution >= 0.6 is 23.1 Å². The van der Waals surface area contributed by atoms with Gasteiger partial charge in [0.05, 0.1) is 17.7 Å². The van der Waals surface area contributed by atoms with E-state index in [0.717, 1.165) is 17.0 Å². The van der Waals surface area contributed by atoms with Gasteiger partial charge in [-0.1, -0.05) is 0 Å². The summed E-state index contributed by atoms with van der Waals surface area (Å²) >= 11 is 3.03. The minimum absolute atomic E-state index is 0.0101. The summed E-state index contributed by atoms with van der Waals surface area (Å²) in [5.74, 6) is 0.797. The Hall–Kier alpha value is -2.05. The average Bonchev–Trinajstić information content (AvgIpc) is 3.17. The molecule has 2 heterocycles. The van der Waals surface area contributed by atoms with E-state index in [1.807, 2.05) is 54.1 Å². The zero-order valence-corrected chi connectivity index (χ0v) is 14.5. The fraction of sp³-hybridized carbons (Fsp3) is 0.176. The smallest absolute Gasteiger partial charge is 0.266 e. The second-order valence-corrected chi connectivity index (χ2v) is 6.60. The number of hydrogen-bond donors (Lipinski definition) is 0. The molecule has 0 radical (unpaired) electrons. The lowest BCUT2D eigenvalue weighted by atomic mass is 10.3. The number of aliphatic imine (C=N–C) groups is 1. The van der Waals surface area contributed by atoms with Crippen LogP contribution in [-0.2, 0) is 4.79 Å². The molecule has 0 aliphatic carbocycles. The molecule has 4 nitrogen and oxygen atoms in total. The van der Waals surface area contributed by atoms with E-state index in [9.17, 15) is 4.79 Å². The van der Waals surface area contributed by atoms with E-state index in [-0.39, 0.29) is 5.91 Å². The number of methoxy groups -OCH3 is 1. The number of hydrogen-bond acceptors (Lipinski definition) is 5. The molecule has 1 amide bonds. The number of rotatable bonds is 4. The van der Waals surface area contributed by atoms with Crippen molar-refractivity contribution in [3.63, 3.8) is 0 Å². The van der Waals surface area contributed by atoms with E-state index in [0.29, 0.717) is 16.6 Å². The predicted molar refractivity (Wildman–Crippen MR) is 97.4 cm³/mol. The Balaban J connectivity index is 1.89. The van der Waals surface area contributed by atoms with Crippen LogP contribution in [0.4, 0.5) is 5.69 Å². The third-order valence-corrected chi connectivity index (χ3v) is 5.05. The molecule has 1 fully saturated rings. The van der Waals surface area contributed by atoms with Crippen molar-refractivity contribution in [2.24, 2.45) is 4.99 Å². The standard InChI is InChI=1S/C17H16N2O2S2/c1-3-19-16(20)15(10-12-8-9-22-11-12)23-17(19)18-13-4-6-14(21-2)7-5-13/h4-11H,3H2,1-2H3/b15-10+,18-17?. The first-order valence-corrected chi connectivity index (χ1v) is 8.93. The molecule has 1 aliphatic heterocycles. The van der Waals surface area contributed by atoms with E-state index < -0.39 is 0 Å². The SMILES string of the molecule is CCN1C(=O)/C(=C\c2ccsc2)SC1=Nc1ccc(OC)cc1. The molecular formula is C17H16N2O2S2. The van der Waals surface area contributed by atoms with Crippen LogP contribution in [0.3, 0.4) is 0 Å². The van der Waals surface area contributed by atoms with Gasteiger partial charge in [0.15, 0.2) is 5.17 Å². The number of thiophene rings is 1. The molecule has 23 heavy (non-hydrogen) atoms. The molecule has 1 saturated heterocycles. The molecule has 118 valence electrons.